The zero-order valence-electron chi connectivity index (χ0n) is 22.8. The van der Waals surface area contributed by atoms with Crippen molar-refractivity contribution in [2.24, 2.45) is 5.73 Å². The number of fused-ring (bicyclic) bond motifs is 1. The van der Waals surface area contributed by atoms with Crippen molar-refractivity contribution in [3.8, 4) is 28.0 Å². The zero-order chi connectivity index (χ0) is 27.9. The Morgan fingerprint density at radius 3 is 2.50 bits per heavy atom. The van der Waals surface area contributed by atoms with Crippen LogP contribution in [0.2, 0.25) is 0 Å². The van der Waals surface area contributed by atoms with E-state index in [1.54, 1.807) is 13.4 Å². The van der Waals surface area contributed by atoms with Gasteiger partial charge in [0.25, 0.3) is 0 Å². The fourth-order valence-electron chi connectivity index (χ4n) is 4.80. The molecule has 0 spiro atoms. The average molecular weight is 536 g/mol. The fourth-order valence-corrected chi connectivity index (χ4v) is 4.80. The second kappa shape index (κ2) is 12.6. The molecular weight excluding hydrogens is 502 g/mol. The number of hydrogen-bond acceptors (Lipinski definition) is 6. The average Bonchev–Trinajstić information content (AvgIpc) is 3.45. The number of furan rings is 1. The highest BCUT2D eigenvalue weighted by Crippen LogP contribution is 2.33. The molecule has 0 saturated carbocycles. The fraction of sp³-hybridized carbons (Fsp3) is 0.206. The smallest absolute Gasteiger partial charge is 0.310 e. The van der Waals surface area contributed by atoms with Crippen molar-refractivity contribution in [1.82, 2.24) is 0 Å². The molecule has 4 aromatic carbocycles. The number of hydrogen-bond donors (Lipinski definition) is 1. The normalized spacial score (nSPS) is 11.9. The lowest BCUT2D eigenvalue weighted by atomic mass is 9.99. The Hall–Kier alpha value is -4.39. The standard InChI is InChI=1S/C34H33NO5/c1-23(21-37-2)40-33(36)19-29-12-11-27(26-8-4-3-5-9-26)18-32(29)39-22-25-16-30-13-14-38-34(30)31(17-25)28-10-6-7-24(15-28)20-35/h3-18,23H,19-22,35H2,1-2H3. The largest absolute Gasteiger partial charge is 0.489 e. The molecule has 0 saturated heterocycles. The van der Waals surface area contributed by atoms with Gasteiger partial charge in [-0.15, -0.1) is 0 Å². The van der Waals surface area contributed by atoms with Crippen LogP contribution in [0, 0.1) is 0 Å². The first kappa shape index (κ1) is 27.2. The lowest BCUT2D eigenvalue weighted by Crippen LogP contribution is -2.21. The van der Waals surface area contributed by atoms with Crippen molar-refractivity contribution in [1.29, 1.82) is 0 Å². The first-order valence-electron chi connectivity index (χ1n) is 13.3. The van der Waals surface area contributed by atoms with Crippen LogP contribution in [0.15, 0.2) is 102 Å². The summed E-state index contributed by atoms with van der Waals surface area (Å²) in [5.74, 6) is 0.306. The predicted octanol–water partition coefficient (Wildman–Crippen LogP) is 6.93. The SMILES string of the molecule is COCC(C)OC(=O)Cc1ccc(-c2ccccc2)cc1OCc1cc(-c2cccc(CN)c2)c2occc2c1. The van der Waals surface area contributed by atoms with E-state index in [9.17, 15) is 4.79 Å². The van der Waals surface area contributed by atoms with E-state index in [0.29, 0.717) is 25.5 Å². The molecule has 1 unspecified atom stereocenters. The Labute approximate surface area is 234 Å². The van der Waals surface area contributed by atoms with Gasteiger partial charge >= 0.3 is 5.97 Å². The number of methoxy groups -OCH3 is 1. The predicted molar refractivity (Wildman–Crippen MR) is 157 cm³/mol. The zero-order valence-corrected chi connectivity index (χ0v) is 22.8. The monoisotopic (exact) mass is 535 g/mol. The molecule has 0 aliphatic rings. The maximum absolute atomic E-state index is 12.7. The van der Waals surface area contributed by atoms with Gasteiger partial charge in [-0.05, 0) is 65.1 Å². The summed E-state index contributed by atoms with van der Waals surface area (Å²) in [7, 11) is 1.58. The molecule has 0 aliphatic heterocycles. The summed E-state index contributed by atoms with van der Waals surface area (Å²) in [4.78, 5) is 12.7. The van der Waals surface area contributed by atoms with Crippen molar-refractivity contribution < 1.29 is 23.4 Å². The van der Waals surface area contributed by atoms with Gasteiger partial charge in [0.1, 0.15) is 24.0 Å². The number of benzene rings is 4. The van der Waals surface area contributed by atoms with Crippen LogP contribution < -0.4 is 10.5 Å². The number of esters is 1. The molecule has 1 aromatic heterocycles. The maximum Gasteiger partial charge on any atom is 0.310 e. The minimum absolute atomic E-state index is 0.0936. The first-order valence-corrected chi connectivity index (χ1v) is 13.3. The van der Waals surface area contributed by atoms with Crippen molar-refractivity contribution in [3.05, 3.63) is 114 Å². The van der Waals surface area contributed by atoms with Gasteiger partial charge in [-0.1, -0.05) is 60.7 Å². The number of nitrogens with two attached hydrogens (primary N) is 1. The van der Waals surface area contributed by atoms with Gasteiger partial charge in [-0.3, -0.25) is 4.79 Å². The van der Waals surface area contributed by atoms with Crippen LogP contribution in [0.5, 0.6) is 5.75 Å². The number of rotatable bonds is 11. The third-order valence-electron chi connectivity index (χ3n) is 6.72. The van der Waals surface area contributed by atoms with E-state index in [-0.39, 0.29) is 18.5 Å². The number of ether oxygens (including phenoxy) is 3. The van der Waals surface area contributed by atoms with E-state index in [1.807, 2.05) is 73.7 Å². The van der Waals surface area contributed by atoms with Crippen LogP contribution in [0.25, 0.3) is 33.2 Å². The molecule has 6 nitrogen and oxygen atoms in total. The Kier molecular flexibility index (Phi) is 8.59. The second-order valence-electron chi connectivity index (χ2n) is 9.80. The molecule has 1 atom stereocenters. The molecule has 0 fully saturated rings. The summed E-state index contributed by atoms with van der Waals surface area (Å²) >= 11 is 0. The van der Waals surface area contributed by atoms with E-state index in [2.05, 4.69) is 24.3 Å². The highest BCUT2D eigenvalue weighted by molar-refractivity contribution is 5.93. The van der Waals surface area contributed by atoms with Crippen molar-refractivity contribution in [3.63, 3.8) is 0 Å². The van der Waals surface area contributed by atoms with Gasteiger partial charge in [0.05, 0.1) is 19.3 Å². The third kappa shape index (κ3) is 6.42. The van der Waals surface area contributed by atoms with Gasteiger partial charge in [0.15, 0.2) is 0 Å². The molecule has 0 amide bonds. The minimum Gasteiger partial charge on any atom is -0.489 e. The first-order chi connectivity index (χ1) is 19.5. The summed E-state index contributed by atoms with van der Waals surface area (Å²) in [5, 5.41) is 0.989. The maximum atomic E-state index is 12.7. The molecule has 0 aliphatic carbocycles. The van der Waals surface area contributed by atoms with E-state index in [0.717, 1.165) is 49.9 Å². The van der Waals surface area contributed by atoms with Gasteiger partial charge < -0.3 is 24.4 Å². The lowest BCUT2D eigenvalue weighted by molar-refractivity contribution is -0.149. The molecule has 40 heavy (non-hydrogen) atoms. The van der Waals surface area contributed by atoms with E-state index in [1.165, 1.54) is 0 Å². The van der Waals surface area contributed by atoms with E-state index >= 15 is 0 Å². The van der Waals surface area contributed by atoms with Crippen LogP contribution in [-0.4, -0.2) is 25.8 Å². The number of carbonyl (C=O) groups is 1. The van der Waals surface area contributed by atoms with Crippen LogP contribution in [-0.2, 0) is 33.8 Å². The van der Waals surface area contributed by atoms with Crippen molar-refractivity contribution in [2.75, 3.05) is 13.7 Å². The summed E-state index contributed by atoms with van der Waals surface area (Å²) in [5.41, 5.74) is 13.6. The van der Waals surface area contributed by atoms with Crippen LogP contribution in [0.4, 0.5) is 0 Å². The summed E-state index contributed by atoms with van der Waals surface area (Å²) in [6, 6.07) is 30.3. The highest BCUT2D eigenvalue weighted by Gasteiger charge is 2.16. The van der Waals surface area contributed by atoms with E-state index < -0.39 is 0 Å². The summed E-state index contributed by atoms with van der Waals surface area (Å²) < 4.78 is 22.9. The number of carbonyl (C=O) groups excluding carboxylic acids is 1. The Balaban J connectivity index is 1.45. The van der Waals surface area contributed by atoms with Crippen LogP contribution >= 0.6 is 0 Å². The Morgan fingerprint density at radius 2 is 1.70 bits per heavy atom. The van der Waals surface area contributed by atoms with Gasteiger partial charge in [0.2, 0.25) is 0 Å². The van der Waals surface area contributed by atoms with Crippen LogP contribution in [0.3, 0.4) is 0 Å². The highest BCUT2D eigenvalue weighted by atomic mass is 16.6. The summed E-state index contributed by atoms with van der Waals surface area (Å²) in [6.07, 6.45) is 1.46. The summed E-state index contributed by atoms with van der Waals surface area (Å²) in [6.45, 7) is 2.93. The van der Waals surface area contributed by atoms with E-state index in [4.69, 9.17) is 24.4 Å². The molecule has 5 rings (SSSR count). The van der Waals surface area contributed by atoms with Crippen molar-refractivity contribution in [2.45, 2.75) is 32.6 Å². The van der Waals surface area contributed by atoms with Crippen molar-refractivity contribution >= 4 is 16.9 Å². The van der Waals surface area contributed by atoms with Gasteiger partial charge in [-0.2, -0.15) is 0 Å². The second-order valence-corrected chi connectivity index (χ2v) is 9.80. The van der Waals surface area contributed by atoms with Gasteiger partial charge in [-0.25, -0.2) is 0 Å². The minimum atomic E-state index is -0.330. The molecule has 6 heteroatoms. The molecule has 1 heterocycles. The molecule has 2 N–H and O–H groups in total. The van der Waals surface area contributed by atoms with Crippen LogP contribution in [0.1, 0.15) is 23.6 Å². The Bertz CT molecular complexity index is 1590. The topological polar surface area (TPSA) is 83.9 Å². The molecule has 204 valence electrons. The lowest BCUT2D eigenvalue weighted by Gasteiger charge is -2.16. The van der Waals surface area contributed by atoms with Gasteiger partial charge in [0, 0.05) is 30.2 Å². The third-order valence-corrected chi connectivity index (χ3v) is 6.72. The molecule has 0 bridgehead atoms. The molecule has 0 radical (unpaired) electrons. The molecular formula is C34H33NO5. The molecule has 5 aromatic rings. The Morgan fingerprint density at radius 1 is 0.875 bits per heavy atom. The quantitative estimate of drug-likeness (QED) is 0.185.